The Bertz CT molecular complexity index is 486. The molecule has 0 amide bonds. The normalized spacial score (nSPS) is 29.5. The van der Waals surface area contributed by atoms with Gasteiger partial charge in [0.05, 0.1) is 6.61 Å². The molecule has 2 rings (SSSR count). The minimum atomic E-state index is -0.888. The average Bonchev–Trinajstić information content (AvgIpc) is 2.76. The summed E-state index contributed by atoms with van der Waals surface area (Å²) in [6.07, 6.45) is 0.908. The molecule has 1 aromatic carbocycles. The zero-order valence-electron chi connectivity index (χ0n) is 15.8. The summed E-state index contributed by atoms with van der Waals surface area (Å²) in [5.41, 5.74) is -0.515. The molecule has 6 heteroatoms. The summed E-state index contributed by atoms with van der Waals surface area (Å²) < 4.78 is 17.7. The average molecular weight is 385 g/mol. The lowest BCUT2D eigenvalue weighted by atomic mass is 10.0. The van der Waals surface area contributed by atoms with Gasteiger partial charge in [-0.3, -0.25) is 0 Å². The molecule has 1 aliphatic rings. The van der Waals surface area contributed by atoms with E-state index in [1.807, 2.05) is 30.3 Å². The fraction of sp³-hybridized carbons (Fsp3) is 0.700. The quantitative estimate of drug-likeness (QED) is 0.604. The molecule has 5 nitrogen and oxygen atoms in total. The predicted molar refractivity (Wildman–Crippen MR) is 103 cm³/mol. The Labute approximate surface area is 161 Å². The van der Waals surface area contributed by atoms with Gasteiger partial charge >= 0.3 is 0 Å². The van der Waals surface area contributed by atoms with Crippen molar-refractivity contribution >= 4 is 11.8 Å². The Morgan fingerprint density at radius 3 is 2.23 bits per heavy atom. The number of aliphatic hydroxyl groups excluding tert-OH is 2. The Hall–Kier alpha value is -0.630. The van der Waals surface area contributed by atoms with E-state index in [1.54, 1.807) is 0 Å². The first-order valence-electron chi connectivity index (χ1n) is 9.60. The predicted octanol–water partition coefficient (Wildman–Crippen LogP) is 3.23. The van der Waals surface area contributed by atoms with Crippen LogP contribution in [0.1, 0.15) is 39.5 Å². The van der Waals surface area contributed by atoms with Crippen molar-refractivity contribution in [3.8, 4) is 0 Å². The summed E-state index contributed by atoms with van der Waals surface area (Å²) in [5.74, 6) is 0. The monoisotopic (exact) mass is 384 g/mol. The summed E-state index contributed by atoms with van der Waals surface area (Å²) in [6, 6.07) is 9.80. The van der Waals surface area contributed by atoms with E-state index in [-0.39, 0.29) is 6.61 Å². The van der Waals surface area contributed by atoms with Gasteiger partial charge in [-0.15, -0.1) is 0 Å². The summed E-state index contributed by atoms with van der Waals surface area (Å²) >= 11 is 1.44. The lowest BCUT2D eigenvalue weighted by Crippen LogP contribution is -2.49. The Morgan fingerprint density at radius 1 is 1.00 bits per heavy atom. The second-order valence-electron chi connectivity index (χ2n) is 6.57. The molecular weight excluding hydrogens is 352 g/mol. The zero-order valence-corrected chi connectivity index (χ0v) is 16.6. The van der Waals surface area contributed by atoms with Crippen molar-refractivity contribution in [2.24, 2.45) is 0 Å². The van der Waals surface area contributed by atoms with E-state index in [0.717, 1.165) is 30.6 Å². The van der Waals surface area contributed by atoms with E-state index in [9.17, 15) is 10.2 Å². The molecule has 1 heterocycles. The lowest BCUT2D eigenvalue weighted by molar-refractivity contribution is -0.148. The van der Waals surface area contributed by atoms with Gasteiger partial charge in [-0.2, -0.15) is 0 Å². The third kappa shape index (κ3) is 6.51. The second kappa shape index (κ2) is 12.0. The molecule has 0 radical (unpaired) electrons. The van der Waals surface area contributed by atoms with Crippen LogP contribution in [-0.4, -0.2) is 59.9 Å². The van der Waals surface area contributed by atoms with E-state index in [2.05, 4.69) is 13.8 Å². The van der Waals surface area contributed by atoms with Crippen LogP contribution in [0.25, 0.3) is 0 Å². The van der Waals surface area contributed by atoms with Crippen molar-refractivity contribution in [2.75, 3.05) is 19.8 Å². The minimum absolute atomic E-state index is 0.117. The fourth-order valence-corrected chi connectivity index (χ4v) is 3.84. The third-order valence-corrected chi connectivity index (χ3v) is 5.55. The highest BCUT2D eigenvalue weighted by Crippen LogP contribution is 2.32. The molecular formula is C20H32O5S. The minimum Gasteiger partial charge on any atom is -0.388 e. The number of rotatable bonds is 10. The van der Waals surface area contributed by atoms with Gasteiger partial charge in [0.15, 0.2) is 0 Å². The largest absolute Gasteiger partial charge is 0.388 e. The van der Waals surface area contributed by atoms with Crippen LogP contribution in [0.3, 0.4) is 0 Å². The van der Waals surface area contributed by atoms with Crippen molar-refractivity contribution < 1.29 is 24.4 Å². The maximum atomic E-state index is 11.0. The van der Waals surface area contributed by atoms with Gasteiger partial charge < -0.3 is 24.4 Å². The molecule has 0 aliphatic carbocycles. The van der Waals surface area contributed by atoms with Crippen LogP contribution in [0.5, 0.6) is 0 Å². The van der Waals surface area contributed by atoms with E-state index in [4.69, 9.17) is 14.2 Å². The fourth-order valence-electron chi connectivity index (χ4n) is 2.82. The summed E-state index contributed by atoms with van der Waals surface area (Å²) in [7, 11) is 0. The van der Waals surface area contributed by atoms with Gasteiger partial charge in [0, 0.05) is 18.1 Å². The van der Waals surface area contributed by atoms with E-state index < -0.39 is 29.9 Å². The molecule has 1 saturated heterocycles. The number of hydrogen-bond acceptors (Lipinski definition) is 6. The Balaban J connectivity index is 2.10. The molecule has 0 bridgehead atoms. The van der Waals surface area contributed by atoms with Crippen molar-refractivity contribution in [2.45, 2.75) is 74.3 Å². The smallest absolute Gasteiger partial charge is 0.136 e. The highest BCUT2D eigenvalue weighted by molar-refractivity contribution is 7.99. The van der Waals surface area contributed by atoms with Crippen LogP contribution in [0, 0.1) is 0 Å². The maximum Gasteiger partial charge on any atom is 0.136 e. The third-order valence-electron chi connectivity index (χ3n) is 4.36. The molecule has 1 aromatic rings. The van der Waals surface area contributed by atoms with Crippen LogP contribution in [-0.2, 0) is 14.2 Å². The Kier molecular flexibility index (Phi) is 9.96. The number of aliphatic hydroxyl groups is 2. The van der Waals surface area contributed by atoms with Crippen LogP contribution < -0.4 is 0 Å². The highest BCUT2D eigenvalue weighted by atomic mass is 32.2. The van der Waals surface area contributed by atoms with Crippen molar-refractivity contribution in [1.29, 1.82) is 0 Å². The first kappa shape index (κ1) is 21.7. The molecule has 0 aromatic heterocycles. The Morgan fingerprint density at radius 2 is 1.62 bits per heavy atom. The number of hydrogen-bond donors (Lipinski definition) is 2. The highest BCUT2D eigenvalue weighted by Gasteiger charge is 2.43. The van der Waals surface area contributed by atoms with Crippen LogP contribution >= 0.6 is 11.8 Å². The summed E-state index contributed by atoms with van der Waals surface area (Å²) in [4.78, 5) is 1.00. The summed E-state index contributed by atoms with van der Waals surface area (Å²) in [5, 5.41) is 21.5. The van der Waals surface area contributed by atoms with Gasteiger partial charge in [0.25, 0.3) is 0 Å². The molecule has 1 fully saturated rings. The first-order valence-corrected chi connectivity index (χ1v) is 10.5. The van der Waals surface area contributed by atoms with Crippen molar-refractivity contribution in [1.82, 2.24) is 0 Å². The van der Waals surface area contributed by atoms with Gasteiger partial charge in [0.1, 0.15) is 29.9 Å². The molecule has 148 valence electrons. The van der Waals surface area contributed by atoms with E-state index in [1.165, 1.54) is 11.8 Å². The first-order chi connectivity index (χ1) is 12.7. The molecule has 2 N–H and O–H groups in total. The molecule has 2 unspecified atom stereocenters. The van der Waals surface area contributed by atoms with Crippen LogP contribution in [0.15, 0.2) is 35.2 Å². The molecule has 0 saturated carbocycles. The van der Waals surface area contributed by atoms with Gasteiger partial charge in [-0.05, 0) is 25.0 Å². The number of unbranched alkanes of at least 4 members (excludes halogenated alkanes) is 2. The van der Waals surface area contributed by atoms with Crippen LogP contribution in [0.4, 0.5) is 0 Å². The summed E-state index contributed by atoms with van der Waals surface area (Å²) in [6.45, 7) is 5.36. The van der Waals surface area contributed by atoms with E-state index in [0.29, 0.717) is 13.2 Å². The van der Waals surface area contributed by atoms with Crippen molar-refractivity contribution in [3.05, 3.63) is 30.3 Å². The number of thioether (sulfide) groups is 1. The molecule has 1 aliphatic heterocycles. The molecule has 5 atom stereocenters. The topological polar surface area (TPSA) is 68.2 Å². The lowest BCUT2D eigenvalue weighted by Gasteiger charge is -2.32. The maximum absolute atomic E-state index is 11.0. The van der Waals surface area contributed by atoms with Gasteiger partial charge in [-0.25, -0.2) is 0 Å². The van der Waals surface area contributed by atoms with Gasteiger partial charge in [0.2, 0.25) is 0 Å². The second-order valence-corrected chi connectivity index (χ2v) is 7.74. The molecule has 0 spiro atoms. The van der Waals surface area contributed by atoms with Crippen molar-refractivity contribution in [3.63, 3.8) is 0 Å². The molecule has 26 heavy (non-hydrogen) atoms. The van der Waals surface area contributed by atoms with E-state index >= 15 is 0 Å². The van der Waals surface area contributed by atoms with Gasteiger partial charge in [-0.1, -0.05) is 56.7 Å². The SMILES string of the molecule is CCCCOC1C(O)[C@@H](Sc2ccccc2)OC[C@@H](O)[C@H]1OCCCC. The zero-order chi connectivity index (χ0) is 18.8. The number of ether oxygens (including phenoxy) is 3. The number of benzene rings is 1. The van der Waals surface area contributed by atoms with Crippen LogP contribution in [0.2, 0.25) is 0 Å². The standard InChI is InChI=1S/C20H32O5S/c1-3-5-12-23-18-16(21)14-25-20(26-15-10-8-7-9-11-15)17(22)19(18)24-13-6-4-2/h7-11,16-22H,3-6,12-14H2,1-2H3/t16-,17?,18-,19?,20-/m1/s1.